The summed E-state index contributed by atoms with van der Waals surface area (Å²) < 4.78 is 96.8. The third kappa shape index (κ3) is 34.4. The van der Waals surface area contributed by atoms with Crippen LogP contribution in [0.1, 0.15) is 137 Å². The van der Waals surface area contributed by atoms with Gasteiger partial charge in [0.1, 0.15) is 15.7 Å². The average Bonchev–Trinajstić information content (AvgIpc) is 1.62. The van der Waals surface area contributed by atoms with Crippen molar-refractivity contribution in [2.75, 3.05) is 46.2 Å². The zero-order valence-corrected chi connectivity index (χ0v) is 86.6. The molecule has 1 unspecified atom stereocenters. The summed E-state index contributed by atoms with van der Waals surface area (Å²) in [5, 5.41) is 20.6. The number of aliphatic hydroxyl groups is 1. The summed E-state index contributed by atoms with van der Waals surface area (Å²) in [5.41, 5.74) is 8.98. The number of aliphatic hydroxyl groups excluding tert-OH is 1. The van der Waals surface area contributed by atoms with Crippen molar-refractivity contribution >= 4 is 249 Å². The van der Waals surface area contributed by atoms with Crippen LogP contribution in [0.3, 0.4) is 0 Å². The van der Waals surface area contributed by atoms with Gasteiger partial charge in [0.05, 0.1) is 69.6 Å². The van der Waals surface area contributed by atoms with Gasteiger partial charge in [-0.15, -0.1) is 68.0 Å². The topological polar surface area (TPSA) is 136 Å². The molecule has 11 nitrogen and oxygen atoms in total. The monoisotopic (exact) mass is 2120 g/mol. The van der Waals surface area contributed by atoms with E-state index in [2.05, 4.69) is 196 Å². The van der Waals surface area contributed by atoms with Gasteiger partial charge in [-0.2, -0.15) is 0 Å². The number of hydrogen-bond donors (Lipinski definition) is 1. The summed E-state index contributed by atoms with van der Waals surface area (Å²) in [7, 11) is -7.47. The van der Waals surface area contributed by atoms with Gasteiger partial charge < -0.3 is 38.2 Å². The van der Waals surface area contributed by atoms with Crippen LogP contribution in [0, 0.1) is 53.2 Å². The molecule has 1 atom stereocenters. The fourth-order valence-electron chi connectivity index (χ4n) is 11.5. The molecule has 631 valence electrons. The molecule has 0 saturated heterocycles. The van der Waals surface area contributed by atoms with Crippen LogP contribution in [0.4, 0.5) is 8.78 Å². The van der Waals surface area contributed by atoms with E-state index in [1.807, 2.05) is 146 Å². The fraction of sp³-hybridized carbons (Fsp3) is 0.307. The second-order valence-corrected chi connectivity index (χ2v) is 53.1. The van der Waals surface area contributed by atoms with Crippen LogP contribution in [-0.4, -0.2) is 66.1 Å². The first-order chi connectivity index (χ1) is 55.3. The maximum absolute atomic E-state index is 13.7. The normalized spacial score (nSPS) is 11.1. The molecule has 0 bridgehead atoms. The van der Waals surface area contributed by atoms with E-state index < -0.39 is 29.5 Å². The van der Waals surface area contributed by atoms with E-state index >= 15 is 0 Å². The number of aldehydes is 1. The molecule has 3 radical (unpaired) electrons. The second kappa shape index (κ2) is 58.7. The van der Waals surface area contributed by atoms with Gasteiger partial charge in [-0.25, -0.2) is 8.78 Å². The smallest absolute Gasteiger partial charge is 1.00 e. The van der Waals surface area contributed by atoms with Crippen molar-refractivity contribution in [2.45, 2.75) is 133 Å². The molecule has 0 aliphatic heterocycles. The first-order valence-electron chi connectivity index (χ1n) is 37.0. The number of rotatable bonds is 24. The molecule has 6 aromatic heterocycles. The number of aryl methyl sites for hydroxylation is 6. The van der Waals surface area contributed by atoms with Crippen LogP contribution in [0.5, 0.6) is 0 Å². The molecule has 14 aromatic rings. The average molecular weight is 2130 g/mol. The van der Waals surface area contributed by atoms with E-state index in [0.29, 0.717) is 58.8 Å². The molecular formula is C88H104BBr5F2NaO11P4S6. The number of thiophene rings is 6. The van der Waals surface area contributed by atoms with Gasteiger partial charge in [-0.05, 0) is 286 Å². The van der Waals surface area contributed by atoms with Crippen molar-refractivity contribution in [3.63, 3.8) is 0 Å². The molecular weight excluding hydrogens is 2020 g/mol. The number of fused-ring (bicyclic) bond motifs is 6. The third-order valence-corrected chi connectivity index (χ3v) is 32.3. The maximum atomic E-state index is 13.7. The molecule has 118 heavy (non-hydrogen) atoms. The Balaban J connectivity index is 0.000000468. The van der Waals surface area contributed by atoms with Crippen molar-refractivity contribution in [1.82, 2.24) is 0 Å². The third-order valence-electron chi connectivity index (χ3n) is 17.0. The molecule has 14 rings (SSSR count). The van der Waals surface area contributed by atoms with Crippen molar-refractivity contribution in [3.8, 4) is 0 Å². The maximum Gasteiger partial charge on any atom is 1.00 e. The standard InChI is InChI=1S/C21H24FO3PS.C14H19O3PS.C10H9BrS.C10H10OS.C10H8OS.C9H8S.C7H6BrF.C6H15O3P.CH4.B.Br3P.Na.H/c1-4-24-26(23,25-5-2)19(14-16-10-12-17(22)13-11-16)21-15(3)18-8-6-7-9-20(18)27-21;1-4-16-18(15,17-5-2)10-14-11(3)12-8-6-7-9-13(12)19-14;3*1-7-8-4-2-3-5-9(8)12-10(7)6-11;1-7-6-10-9-5-3-2-4-8(7)9;8-5-6-1-3-7(9)4-2-6;1-4-7-10(8-5-2)9-6-3;;;1-4(2)3;;/h6-13,19H,4-5,14H2,1-3H3;6-9H,4-5,10H2,1-3H3;2-5H,6H2,1H3;2-5,11H,6H2,1H3;2-6H,1H3;2-6H,1H3;1-4H,5H2;4-6H2,1-3H3;1H4;;;;/q;;;;;;;;;;;+1;-1. The van der Waals surface area contributed by atoms with E-state index in [9.17, 15) is 22.7 Å². The quantitative estimate of drug-likeness (QED) is 0.0268. The minimum absolute atomic E-state index is 0. The second-order valence-electron chi connectivity index (χ2n) is 24.7. The van der Waals surface area contributed by atoms with E-state index in [-0.39, 0.29) is 69.1 Å². The molecule has 30 heteroatoms. The summed E-state index contributed by atoms with van der Waals surface area (Å²) in [5.74, 6) is -0.467. The molecule has 0 aliphatic carbocycles. The van der Waals surface area contributed by atoms with E-state index in [1.54, 1.807) is 69.6 Å². The number of carbonyl (C=O) groups is 1. The van der Waals surface area contributed by atoms with Gasteiger partial charge in [0.15, 0.2) is 6.29 Å². The van der Waals surface area contributed by atoms with Gasteiger partial charge >= 0.3 is 53.4 Å². The number of carbonyl (C=O) groups excluding carboxylic acids is 1. The summed E-state index contributed by atoms with van der Waals surface area (Å²) in [6.07, 6.45) is 1.76. The van der Waals surface area contributed by atoms with Crippen molar-refractivity contribution in [1.29, 1.82) is 0 Å². The predicted molar refractivity (Wildman–Crippen MR) is 530 cm³/mol. The first-order valence-corrected chi connectivity index (χ1v) is 56.1. The summed E-state index contributed by atoms with van der Waals surface area (Å²) >= 11 is 26.5. The predicted octanol–water partition coefficient (Wildman–Crippen LogP) is 30.7. The molecule has 0 saturated carbocycles. The van der Waals surface area contributed by atoms with Crippen LogP contribution >= 0.6 is 174 Å². The Morgan fingerprint density at radius 3 is 1.16 bits per heavy atom. The van der Waals surface area contributed by atoms with Gasteiger partial charge in [0.25, 0.3) is 0 Å². The van der Waals surface area contributed by atoms with Crippen LogP contribution in [0.2, 0.25) is 0 Å². The Hall–Kier alpha value is -2.49. The number of halogens is 7. The Labute approximate surface area is 790 Å². The largest absolute Gasteiger partial charge is 1.00 e. The molecule has 0 fully saturated rings. The zero-order valence-electron chi connectivity index (χ0n) is 69.2. The molecule has 0 spiro atoms. The molecule has 1 N–H and O–H groups in total. The Bertz CT molecular complexity index is 5220. The molecule has 8 aromatic carbocycles. The number of benzene rings is 8. The molecule has 6 heterocycles. The van der Waals surface area contributed by atoms with Gasteiger partial charge in [0.2, 0.25) is 0 Å². The van der Waals surface area contributed by atoms with E-state index in [1.165, 1.54) is 102 Å². The zero-order chi connectivity index (χ0) is 84.0. The van der Waals surface area contributed by atoms with Crippen molar-refractivity contribution in [2.24, 2.45) is 0 Å². The van der Waals surface area contributed by atoms with E-state index in [0.717, 1.165) is 68.8 Å². The Kier molecular flexibility index (Phi) is 54.6. The van der Waals surface area contributed by atoms with Gasteiger partial charge in [0, 0.05) is 66.8 Å². The van der Waals surface area contributed by atoms with Crippen LogP contribution in [0.15, 0.2) is 200 Å². The molecule has 0 aliphatic rings. The van der Waals surface area contributed by atoms with Crippen LogP contribution in [-0.2, 0) is 70.6 Å². The number of hydrogen-bond acceptors (Lipinski definition) is 17. The Morgan fingerprint density at radius 1 is 0.449 bits per heavy atom. The minimum Gasteiger partial charge on any atom is -1.00 e. The Morgan fingerprint density at radius 2 is 0.797 bits per heavy atom. The van der Waals surface area contributed by atoms with Crippen molar-refractivity contribution in [3.05, 3.63) is 280 Å². The van der Waals surface area contributed by atoms with Gasteiger partial charge in [-0.1, -0.05) is 173 Å². The summed E-state index contributed by atoms with van der Waals surface area (Å²) in [4.78, 5) is 16.1. The SMILES string of the molecule is BrP(Br)Br.C.CCOP(=O)(Cc1sc2ccccc2c1C)OCC.CCOP(=O)(OCC)C(Cc1ccc(F)cc1)c1sc2ccccc2c1C.CCOP(OCC)OCC.Cc1c(C=O)sc2ccccc12.Cc1c(CBr)sc2ccccc12.Cc1c(CO)sc2ccccc12.Cc1csc2ccccc12.Fc1ccc(CBr)cc1.[B].[H-].[Na+]. The van der Waals surface area contributed by atoms with Gasteiger partial charge in [-0.3, -0.25) is 13.9 Å². The first kappa shape index (κ1) is 110. The summed E-state index contributed by atoms with van der Waals surface area (Å²) in [6.45, 7) is 29.1. The summed E-state index contributed by atoms with van der Waals surface area (Å²) in [6, 6.07) is 62.5. The van der Waals surface area contributed by atoms with Crippen molar-refractivity contribution < 1.29 is 90.5 Å². The molecule has 0 amide bonds. The fourth-order valence-corrected chi connectivity index (χ4v) is 24.8. The number of alkyl halides is 2. The van der Waals surface area contributed by atoms with Crippen LogP contribution < -0.4 is 29.6 Å². The van der Waals surface area contributed by atoms with E-state index in [4.69, 9.17) is 36.8 Å². The minimum atomic E-state index is -3.39. The van der Waals surface area contributed by atoms with Crippen LogP contribution in [0.25, 0.3) is 60.5 Å².